The van der Waals surface area contributed by atoms with Crippen LogP contribution in [0.1, 0.15) is 77.6 Å². The highest BCUT2D eigenvalue weighted by Gasteiger charge is 2.26. The second-order valence-corrected chi connectivity index (χ2v) is 6.51. The van der Waals surface area contributed by atoms with Crippen LogP contribution in [-0.2, 0) is 14.3 Å². The molecule has 1 unspecified atom stereocenters. The lowest BCUT2D eigenvalue weighted by atomic mass is 9.85. The number of ether oxygens (including phenoxy) is 2. The van der Waals surface area contributed by atoms with Gasteiger partial charge in [-0.1, -0.05) is 64.7 Å². The molecule has 0 spiro atoms. The number of methoxy groups -OCH3 is 1. The van der Waals surface area contributed by atoms with Gasteiger partial charge in [-0.15, -0.1) is 0 Å². The molecule has 23 heavy (non-hydrogen) atoms. The predicted octanol–water partition coefficient (Wildman–Crippen LogP) is 4.20. The molecule has 1 amide bonds. The molecule has 1 fully saturated rings. The molecule has 0 aromatic rings. The van der Waals surface area contributed by atoms with Crippen LogP contribution in [0.2, 0.25) is 0 Å². The van der Waals surface area contributed by atoms with Crippen molar-refractivity contribution >= 4 is 12.1 Å². The van der Waals surface area contributed by atoms with E-state index < -0.39 is 12.1 Å². The van der Waals surface area contributed by atoms with Crippen molar-refractivity contribution < 1.29 is 19.1 Å². The normalized spacial score (nSPS) is 16.6. The molecule has 5 nitrogen and oxygen atoms in total. The highest BCUT2D eigenvalue weighted by molar-refractivity contribution is 5.81. The zero-order valence-electron chi connectivity index (χ0n) is 14.8. The minimum atomic E-state index is -0.587. The van der Waals surface area contributed by atoms with Crippen molar-refractivity contribution in [3.05, 3.63) is 0 Å². The number of unbranched alkanes of at least 4 members (excludes halogenated alkanes) is 4. The highest BCUT2D eigenvalue weighted by atomic mass is 16.6. The maximum atomic E-state index is 11.9. The van der Waals surface area contributed by atoms with Gasteiger partial charge in [0.15, 0.2) is 0 Å². The Bertz CT molecular complexity index is 340. The van der Waals surface area contributed by atoms with Crippen molar-refractivity contribution in [1.29, 1.82) is 0 Å². The van der Waals surface area contributed by atoms with Crippen LogP contribution in [-0.4, -0.2) is 31.8 Å². The first kappa shape index (κ1) is 19.8. The van der Waals surface area contributed by atoms with E-state index in [4.69, 9.17) is 9.47 Å². The van der Waals surface area contributed by atoms with E-state index in [1.165, 1.54) is 45.6 Å². The topological polar surface area (TPSA) is 64.6 Å². The molecule has 0 aromatic heterocycles. The van der Waals surface area contributed by atoms with E-state index in [9.17, 15) is 9.59 Å². The van der Waals surface area contributed by atoms with Crippen LogP contribution in [0.4, 0.5) is 4.79 Å². The molecule has 0 aliphatic heterocycles. The van der Waals surface area contributed by atoms with Crippen LogP contribution in [0.5, 0.6) is 0 Å². The Kier molecular flexibility index (Phi) is 10.5. The Labute approximate surface area is 140 Å². The molecule has 1 atom stereocenters. The van der Waals surface area contributed by atoms with E-state index in [-0.39, 0.29) is 5.97 Å². The third kappa shape index (κ3) is 8.82. The number of alkyl carbamates (subject to hydrolysis) is 1. The van der Waals surface area contributed by atoms with Crippen molar-refractivity contribution in [3.8, 4) is 0 Å². The van der Waals surface area contributed by atoms with Gasteiger partial charge >= 0.3 is 12.1 Å². The molecule has 134 valence electrons. The third-order valence-corrected chi connectivity index (χ3v) is 4.55. The summed E-state index contributed by atoms with van der Waals surface area (Å²) in [5, 5.41) is 2.68. The summed E-state index contributed by atoms with van der Waals surface area (Å²) in [6.45, 7) is 2.58. The summed E-state index contributed by atoms with van der Waals surface area (Å²) in [6.07, 6.45) is 11.6. The summed E-state index contributed by atoms with van der Waals surface area (Å²) in [7, 11) is 1.36. The molecule has 0 aromatic carbocycles. The van der Waals surface area contributed by atoms with Gasteiger partial charge in [0.05, 0.1) is 13.7 Å². The van der Waals surface area contributed by atoms with Crippen LogP contribution in [0.15, 0.2) is 0 Å². The molecule has 0 saturated heterocycles. The standard InChI is InChI=1S/C18H33NO4/c1-3-4-5-6-10-13-23-18(21)19-16(17(20)22-2)14-15-11-8-7-9-12-15/h15-16H,3-14H2,1-2H3,(H,19,21). The summed E-state index contributed by atoms with van der Waals surface area (Å²) < 4.78 is 9.99. The molecule has 5 heteroatoms. The molecular formula is C18H33NO4. The van der Waals surface area contributed by atoms with Crippen molar-refractivity contribution in [1.82, 2.24) is 5.32 Å². The second kappa shape index (κ2) is 12.2. The Morgan fingerprint density at radius 3 is 2.43 bits per heavy atom. The van der Waals surface area contributed by atoms with Gasteiger partial charge in [0.2, 0.25) is 0 Å². The van der Waals surface area contributed by atoms with E-state index in [2.05, 4.69) is 12.2 Å². The van der Waals surface area contributed by atoms with Crippen LogP contribution < -0.4 is 5.32 Å². The van der Waals surface area contributed by atoms with E-state index in [1.54, 1.807) is 0 Å². The highest BCUT2D eigenvalue weighted by Crippen LogP contribution is 2.27. The molecule has 0 bridgehead atoms. The maximum absolute atomic E-state index is 11.9. The molecule has 0 heterocycles. The average Bonchev–Trinajstić information content (AvgIpc) is 2.57. The fourth-order valence-corrected chi connectivity index (χ4v) is 3.17. The van der Waals surface area contributed by atoms with Gasteiger partial charge in [-0.2, -0.15) is 0 Å². The summed E-state index contributed by atoms with van der Waals surface area (Å²) in [5.41, 5.74) is 0. The van der Waals surface area contributed by atoms with Crippen LogP contribution in [0.3, 0.4) is 0 Å². The molecule has 1 N–H and O–H groups in total. The van der Waals surface area contributed by atoms with Gasteiger partial charge in [-0.3, -0.25) is 0 Å². The third-order valence-electron chi connectivity index (χ3n) is 4.55. The molecule has 1 saturated carbocycles. The van der Waals surface area contributed by atoms with Crippen molar-refractivity contribution in [3.63, 3.8) is 0 Å². The number of esters is 1. The summed E-state index contributed by atoms with van der Waals surface area (Å²) in [5.74, 6) is 0.109. The Hall–Kier alpha value is -1.26. The summed E-state index contributed by atoms with van der Waals surface area (Å²) >= 11 is 0. The first-order valence-corrected chi connectivity index (χ1v) is 9.18. The van der Waals surface area contributed by atoms with Gasteiger partial charge in [0, 0.05) is 0 Å². The molecule has 1 aliphatic carbocycles. The number of hydrogen-bond acceptors (Lipinski definition) is 4. The van der Waals surface area contributed by atoms with E-state index in [0.717, 1.165) is 25.7 Å². The molecular weight excluding hydrogens is 294 g/mol. The largest absolute Gasteiger partial charge is 0.467 e. The smallest absolute Gasteiger partial charge is 0.407 e. The number of carbonyl (C=O) groups is 2. The average molecular weight is 327 g/mol. The Morgan fingerprint density at radius 1 is 1.09 bits per heavy atom. The van der Waals surface area contributed by atoms with E-state index in [1.807, 2.05) is 0 Å². The van der Waals surface area contributed by atoms with Gasteiger partial charge in [0.25, 0.3) is 0 Å². The molecule has 1 rings (SSSR count). The number of carbonyl (C=O) groups excluding carboxylic acids is 2. The quantitative estimate of drug-likeness (QED) is 0.482. The van der Waals surface area contributed by atoms with Crippen molar-refractivity contribution in [2.24, 2.45) is 5.92 Å². The SMILES string of the molecule is CCCCCCCOC(=O)NC(CC1CCCCC1)C(=O)OC. The van der Waals surface area contributed by atoms with E-state index in [0.29, 0.717) is 18.9 Å². The van der Waals surface area contributed by atoms with Crippen LogP contribution in [0.25, 0.3) is 0 Å². The van der Waals surface area contributed by atoms with Crippen LogP contribution >= 0.6 is 0 Å². The minimum absolute atomic E-state index is 0.379. The molecule has 1 aliphatic rings. The second-order valence-electron chi connectivity index (χ2n) is 6.51. The zero-order valence-corrected chi connectivity index (χ0v) is 14.8. The lowest BCUT2D eigenvalue weighted by molar-refractivity contribution is -0.143. The number of hydrogen-bond donors (Lipinski definition) is 1. The number of nitrogens with one attached hydrogen (secondary N) is 1. The monoisotopic (exact) mass is 327 g/mol. The van der Waals surface area contributed by atoms with Gasteiger partial charge in [0.1, 0.15) is 6.04 Å². The Morgan fingerprint density at radius 2 is 1.78 bits per heavy atom. The van der Waals surface area contributed by atoms with Gasteiger partial charge < -0.3 is 14.8 Å². The van der Waals surface area contributed by atoms with Gasteiger partial charge in [-0.05, 0) is 18.8 Å². The predicted molar refractivity (Wildman–Crippen MR) is 90.2 cm³/mol. The lowest BCUT2D eigenvalue weighted by Crippen LogP contribution is -2.43. The number of amides is 1. The Balaban J connectivity index is 2.28. The molecule has 0 radical (unpaired) electrons. The fraction of sp³-hybridized carbons (Fsp3) is 0.889. The van der Waals surface area contributed by atoms with Crippen LogP contribution in [0, 0.1) is 5.92 Å². The first-order chi connectivity index (χ1) is 11.2. The zero-order chi connectivity index (χ0) is 16.9. The fourth-order valence-electron chi connectivity index (χ4n) is 3.17. The lowest BCUT2D eigenvalue weighted by Gasteiger charge is -2.25. The van der Waals surface area contributed by atoms with E-state index >= 15 is 0 Å². The maximum Gasteiger partial charge on any atom is 0.407 e. The van der Waals surface area contributed by atoms with Gasteiger partial charge in [-0.25, -0.2) is 9.59 Å². The summed E-state index contributed by atoms with van der Waals surface area (Å²) in [6, 6.07) is -0.587. The minimum Gasteiger partial charge on any atom is -0.467 e. The first-order valence-electron chi connectivity index (χ1n) is 9.18. The van der Waals surface area contributed by atoms with Crippen molar-refractivity contribution in [2.45, 2.75) is 83.6 Å². The van der Waals surface area contributed by atoms with Crippen molar-refractivity contribution in [2.75, 3.05) is 13.7 Å². The number of rotatable bonds is 10. The summed E-state index contributed by atoms with van der Waals surface area (Å²) in [4.78, 5) is 23.7.